The first-order valence-corrected chi connectivity index (χ1v) is 5.42. The fourth-order valence-corrected chi connectivity index (χ4v) is 1.46. The molecular formula is C12H15N3O. The summed E-state index contributed by atoms with van der Waals surface area (Å²) in [6, 6.07) is 3.75. The molecule has 0 aliphatic heterocycles. The van der Waals surface area contributed by atoms with E-state index in [-0.39, 0.29) is 0 Å². The molecule has 2 rings (SSSR count). The van der Waals surface area contributed by atoms with E-state index < -0.39 is 0 Å². The zero-order valence-electron chi connectivity index (χ0n) is 9.53. The molecule has 0 aromatic carbocycles. The molecule has 84 valence electrons. The zero-order chi connectivity index (χ0) is 11.4. The highest BCUT2D eigenvalue weighted by molar-refractivity contribution is 5.58. The summed E-state index contributed by atoms with van der Waals surface area (Å²) in [5.74, 6) is 2.40. The lowest BCUT2D eigenvalue weighted by molar-refractivity contribution is 0.535. The van der Waals surface area contributed by atoms with Crippen LogP contribution in [0.3, 0.4) is 0 Å². The molecule has 0 aliphatic carbocycles. The Balaban J connectivity index is 2.26. The highest BCUT2D eigenvalue weighted by Crippen LogP contribution is 2.21. The second-order valence-electron chi connectivity index (χ2n) is 3.58. The summed E-state index contributed by atoms with van der Waals surface area (Å²) in [7, 11) is 0. The SMILES string of the molecule is CCCNc1ccnc(-c2ccoc2C)n1. The predicted octanol–water partition coefficient (Wildman–Crippen LogP) is 2.87. The van der Waals surface area contributed by atoms with Crippen LogP contribution < -0.4 is 5.32 Å². The molecule has 0 bridgehead atoms. The van der Waals surface area contributed by atoms with Crippen LogP contribution in [0.1, 0.15) is 19.1 Å². The van der Waals surface area contributed by atoms with Crippen molar-refractivity contribution >= 4 is 5.82 Å². The van der Waals surface area contributed by atoms with Crippen molar-refractivity contribution in [2.45, 2.75) is 20.3 Å². The van der Waals surface area contributed by atoms with Crippen LogP contribution in [0.2, 0.25) is 0 Å². The number of rotatable bonds is 4. The van der Waals surface area contributed by atoms with Crippen LogP contribution in [0.4, 0.5) is 5.82 Å². The minimum Gasteiger partial charge on any atom is -0.469 e. The molecule has 0 aliphatic rings. The van der Waals surface area contributed by atoms with Gasteiger partial charge in [-0.2, -0.15) is 0 Å². The Kier molecular flexibility index (Phi) is 3.19. The number of hydrogen-bond acceptors (Lipinski definition) is 4. The van der Waals surface area contributed by atoms with E-state index in [1.807, 2.05) is 19.1 Å². The first-order chi connectivity index (χ1) is 7.81. The molecule has 2 aromatic rings. The average Bonchev–Trinajstić information content (AvgIpc) is 2.73. The number of nitrogens with one attached hydrogen (secondary N) is 1. The van der Waals surface area contributed by atoms with Gasteiger partial charge in [-0.05, 0) is 25.5 Å². The van der Waals surface area contributed by atoms with Crippen LogP contribution in [0.15, 0.2) is 29.0 Å². The molecule has 16 heavy (non-hydrogen) atoms. The second-order valence-corrected chi connectivity index (χ2v) is 3.58. The Morgan fingerprint density at radius 2 is 2.25 bits per heavy atom. The summed E-state index contributed by atoms with van der Waals surface area (Å²) in [5, 5.41) is 3.23. The topological polar surface area (TPSA) is 51.0 Å². The van der Waals surface area contributed by atoms with Crippen LogP contribution in [0.5, 0.6) is 0 Å². The molecule has 0 amide bonds. The van der Waals surface area contributed by atoms with Gasteiger partial charge < -0.3 is 9.73 Å². The molecule has 0 spiro atoms. The molecule has 0 radical (unpaired) electrons. The maximum Gasteiger partial charge on any atom is 0.165 e. The van der Waals surface area contributed by atoms with E-state index >= 15 is 0 Å². The van der Waals surface area contributed by atoms with Gasteiger partial charge in [0.1, 0.15) is 11.6 Å². The molecule has 2 aromatic heterocycles. The van der Waals surface area contributed by atoms with E-state index in [1.165, 1.54) is 0 Å². The average molecular weight is 217 g/mol. The number of furan rings is 1. The van der Waals surface area contributed by atoms with Gasteiger partial charge in [-0.15, -0.1) is 0 Å². The van der Waals surface area contributed by atoms with Crippen LogP contribution in [0.25, 0.3) is 11.4 Å². The zero-order valence-corrected chi connectivity index (χ0v) is 9.53. The third-order valence-electron chi connectivity index (χ3n) is 2.31. The lowest BCUT2D eigenvalue weighted by atomic mass is 10.2. The van der Waals surface area contributed by atoms with E-state index in [1.54, 1.807) is 12.5 Å². The maximum absolute atomic E-state index is 5.24. The lowest BCUT2D eigenvalue weighted by Crippen LogP contribution is -2.03. The number of nitrogens with zero attached hydrogens (tertiary/aromatic N) is 2. The van der Waals surface area contributed by atoms with Gasteiger partial charge in [0.25, 0.3) is 0 Å². The molecule has 2 heterocycles. The smallest absolute Gasteiger partial charge is 0.165 e. The minimum atomic E-state index is 0.701. The van der Waals surface area contributed by atoms with Crippen LogP contribution in [-0.4, -0.2) is 16.5 Å². The first-order valence-electron chi connectivity index (χ1n) is 5.42. The first kappa shape index (κ1) is 10.7. The summed E-state index contributed by atoms with van der Waals surface area (Å²) in [5.41, 5.74) is 0.945. The Morgan fingerprint density at radius 1 is 1.38 bits per heavy atom. The molecule has 0 unspecified atom stereocenters. The van der Waals surface area contributed by atoms with Crippen molar-refractivity contribution in [1.82, 2.24) is 9.97 Å². The third-order valence-corrected chi connectivity index (χ3v) is 2.31. The highest BCUT2D eigenvalue weighted by Gasteiger charge is 2.07. The van der Waals surface area contributed by atoms with E-state index in [4.69, 9.17) is 4.42 Å². The summed E-state index contributed by atoms with van der Waals surface area (Å²) < 4.78 is 5.24. The third kappa shape index (κ3) is 2.21. The quantitative estimate of drug-likeness (QED) is 0.855. The molecule has 0 atom stereocenters. The molecular weight excluding hydrogens is 202 g/mol. The van der Waals surface area contributed by atoms with E-state index in [9.17, 15) is 0 Å². The van der Waals surface area contributed by atoms with E-state index in [0.29, 0.717) is 5.82 Å². The monoisotopic (exact) mass is 217 g/mol. The van der Waals surface area contributed by atoms with Gasteiger partial charge in [0.2, 0.25) is 0 Å². The van der Waals surface area contributed by atoms with Crippen molar-refractivity contribution in [2.75, 3.05) is 11.9 Å². The lowest BCUT2D eigenvalue weighted by Gasteiger charge is -2.04. The second kappa shape index (κ2) is 4.79. The Morgan fingerprint density at radius 3 is 2.94 bits per heavy atom. The number of aryl methyl sites for hydroxylation is 1. The molecule has 4 nitrogen and oxygen atoms in total. The fourth-order valence-electron chi connectivity index (χ4n) is 1.46. The highest BCUT2D eigenvalue weighted by atomic mass is 16.3. The summed E-state index contributed by atoms with van der Waals surface area (Å²) in [6.07, 6.45) is 4.48. The summed E-state index contributed by atoms with van der Waals surface area (Å²) in [6.45, 7) is 4.95. The molecule has 0 saturated heterocycles. The Hall–Kier alpha value is -1.84. The summed E-state index contributed by atoms with van der Waals surface area (Å²) >= 11 is 0. The Labute approximate surface area is 94.7 Å². The molecule has 0 fully saturated rings. The van der Waals surface area contributed by atoms with Gasteiger partial charge in [0.15, 0.2) is 5.82 Å². The van der Waals surface area contributed by atoms with Gasteiger partial charge in [-0.3, -0.25) is 0 Å². The number of anilines is 1. The van der Waals surface area contributed by atoms with Crippen molar-refractivity contribution in [3.8, 4) is 11.4 Å². The van der Waals surface area contributed by atoms with Crippen molar-refractivity contribution < 1.29 is 4.42 Å². The van der Waals surface area contributed by atoms with Crippen molar-refractivity contribution in [3.63, 3.8) is 0 Å². The van der Waals surface area contributed by atoms with Gasteiger partial charge in [0, 0.05) is 12.7 Å². The summed E-state index contributed by atoms with van der Waals surface area (Å²) in [4.78, 5) is 8.67. The van der Waals surface area contributed by atoms with Gasteiger partial charge >= 0.3 is 0 Å². The predicted molar refractivity (Wildman–Crippen MR) is 63.3 cm³/mol. The van der Waals surface area contributed by atoms with Crippen LogP contribution in [-0.2, 0) is 0 Å². The van der Waals surface area contributed by atoms with E-state index in [2.05, 4.69) is 22.2 Å². The standard InChI is InChI=1S/C12H15N3O/c1-3-6-13-11-4-7-14-12(15-11)10-5-8-16-9(10)2/h4-5,7-8H,3,6H2,1-2H3,(H,13,14,15). The van der Waals surface area contributed by atoms with Crippen LogP contribution >= 0.6 is 0 Å². The van der Waals surface area contributed by atoms with Gasteiger partial charge in [-0.1, -0.05) is 6.92 Å². The normalized spacial score (nSPS) is 10.4. The minimum absolute atomic E-state index is 0.701. The van der Waals surface area contributed by atoms with Crippen LogP contribution in [0, 0.1) is 6.92 Å². The van der Waals surface area contributed by atoms with Crippen molar-refractivity contribution in [1.29, 1.82) is 0 Å². The fraction of sp³-hybridized carbons (Fsp3) is 0.333. The van der Waals surface area contributed by atoms with Crippen molar-refractivity contribution in [2.24, 2.45) is 0 Å². The number of hydrogen-bond donors (Lipinski definition) is 1. The maximum atomic E-state index is 5.24. The number of aromatic nitrogens is 2. The largest absolute Gasteiger partial charge is 0.469 e. The van der Waals surface area contributed by atoms with Gasteiger partial charge in [-0.25, -0.2) is 9.97 Å². The Bertz CT molecular complexity index is 465. The molecule has 0 saturated carbocycles. The van der Waals surface area contributed by atoms with E-state index in [0.717, 1.165) is 30.1 Å². The molecule has 1 N–H and O–H groups in total. The van der Waals surface area contributed by atoms with Gasteiger partial charge in [0.05, 0.1) is 11.8 Å². The van der Waals surface area contributed by atoms with Crippen molar-refractivity contribution in [3.05, 3.63) is 30.4 Å². The molecule has 4 heteroatoms.